The molecule has 0 aromatic heterocycles. The van der Waals surface area contributed by atoms with Gasteiger partial charge in [0.25, 0.3) is 0 Å². The van der Waals surface area contributed by atoms with Crippen LogP contribution < -0.4 is 0 Å². The van der Waals surface area contributed by atoms with Crippen molar-refractivity contribution in [1.82, 2.24) is 0 Å². The standard InChI is InChI=1S/C7H13NS/c1-4-7(3)5-9-6(2)8-7/h4-5H2,1-3H3. The molecular formula is C7H13NS. The molecule has 1 rings (SSSR count). The maximum absolute atomic E-state index is 4.52. The molecule has 0 aromatic rings. The Hall–Kier alpha value is 0.0200. The minimum Gasteiger partial charge on any atom is -0.276 e. The highest BCUT2D eigenvalue weighted by Gasteiger charge is 2.26. The Morgan fingerprint density at radius 1 is 1.78 bits per heavy atom. The van der Waals surface area contributed by atoms with Gasteiger partial charge in [0.15, 0.2) is 0 Å². The maximum Gasteiger partial charge on any atom is 0.0680 e. The van der Waals surface area contributed by atoms with Crippen molar-refractivity contribution in [2.45, 2.75) is 32.7 Å². The van der Waals surface area contributed by atoms with Gasteiger partial charge < -0.3 is 0 Å². The van der Waals surface area contributed by atoms with E-state index in [2.05, 4.69) is 25.8 Å². The van der Waals surface area contributed by atoms with Crippen molar-refractivity contribution in [3.05, 3.63) is 0 Å². The first kappa shape index (κ1) is 7.13. The van der Waals surface area contributed by atoms with Gasteiger partial charge in [0, 0.05) is 5.75 Å². The lowest BCUT2D eigenvalue weighted by Crippen LogP contribution is -2.19. The van der Waals surface area contributed by atoms with Crippen LogP contribution in [-0.2, 0) is 0 Å². The van der Waals surface area contributed by atoms with Gasteiger partial charge in [-0.3, -0.25) is 4.99 Å². The van der Waals surface area contributed by atoms with Crippen molar-refractivity contribution in [1.29, 1.82) is 0 Å². The predicted octanol–water partition coefficient (Wildman–Crippen LogP) is 2.32. The van der Waals surface area contributed by atoms with E-state index in [1.165, 1.54) is 10.8 Å². The summed E-state index contributed by atoms with van der Waals surface area (Å²) in [5.74, 6) is 1.18. The quantitative estimate of drug-likeness (QED) is 0.548. The summed E-state index contributed by atoms with van der Waals surface area (Å²) in [4.78, 5) is 4.52. The van der Waals surface area contributed by atoms with Gasteiger partial charge in [0.2, 0.25) is 0 Å². The largest absolute Gasteiger partial charge is 0.276 e. The average Bonchev–Trinajstić information content (AvgIpc) is 2.13. The van der Waals surface area contributed by atoms with E-state index in [-0.39, 0.29) is 5.54 Å². The highest BCUT2D eigenvalue weighted by molar-refractivity contribution is 8.14. The van der Waals surface area contributed by atoms with Gasteiger partial charge in [-0.1, -0.05) is 6.92 Å². The number of nitrogens with zero attached hydrogens (tertiary/aromatic N) is 1. The van der Waals surface area contributed by atoms with Gasteiger partial charge in [0.05, 0.1) is 10.6 Å². The molecule has 1 nitrogen and oxygen atoms in total. The van der Waals surface area contributed by atoms with Crippen molar-refractivity contribution in [2.75, 3.05) is 5.75 Å². The molecule has 0 bridgehead atoms. The maximum atomic E-state index is 4.52. The van der Waals surface area contributed by atoms with Gasteiger partial charge in [-0.25, -0.2) is 0 Å². The lowest BCUT2D eigenvalue weighted by molar-refractivity contribution is 0.522. The van der Waals surface area contributed by atoms with E-state index in [0.29, 0.717) is 0 Å². The van der Waals surface area contributed by atoms with E-state index in [9.17, 15) is 0 Å². The molecule has 52 valence electrons. The molecule has 1 heterocycles. The molecule has 0 fully saturated rings. The number of aliphatic imine (C=N–C) groups is 1. The van der Waals surface area contributed by atoms with Crippen molar-refractivity contribution in [2.24, 2.45) is 4.99 Å². The van der Waals surface area contributed by atoms with E-state index >= 15 is 0 Å². The minimum atomic E-state index is 0.259. The molecular weight excluding hydrogens is 130 g/mol. The fraction of sp³-hybridized carbons (Fsp3) is 0.857. The Morgan fingerprint density at radius 3 is 2.67 bits per heavy atom. The minimum absolute atomic E-state index is 0.259. The summed E-state index contributed by atoms with van der Waals surface area (Å²) in [6, 6.07) is 0. The third-order valence-corrected chi connectivity index (χ3v) is 3.06. The van der Waals surface area contributed by atoms with Crippen LogP contribution in [0, 0.1) is 0 Å². The monoisotopic (exact) mass is 143 g/mol. The van der Waals surface area contributed by atoms with Crippen LogP contribution >= 0.6 is 11.8 Å². The van der Waals surface area contributed by atoms with Crippen molar-refractivity contribution >= 4 is 16.8 Å². The number of thioether (sulfide) groups is 1. The zero-order chi connectivity index (χ0) is 6.91. The fourth-order valence-electron chi connectivity index (χ4n) is 0.886. The van der Waals surface area contributed by atoms with Crippen LogP contribution in [0.3, 0.4) is 0 Å². The Kier molecular flexibility index (Phi) is 1.85. The van der Waals surface area contributed by atoms with Gasteiger partial charge in [0.1, 0.15) is 0 Å². The Bertz CT molecular complexity index is 142. The molecule has 0 N–H and O–H groups in total. The van der Waals surface area contributed by atoms with Gasteiger partial charge in [-0.2, -0.15) is 0 Å². The Balaban J connectivity index is 2.64. The summed E-state index contributed by atoms with van der Waals surface area (Å²) < 4.78 is 0. The highest BCUT2D eigenvalue weighted by Crippen LogP contribution is 2.29. The third-order valence-electron chi connectivity index (χ3n) is 1.78. The molecule has 0 saturated heterocycles. The first-order chi connectivity index (χ1) is 4.16. The van der Waals surface area contributed by atoms with E-state index < -0.39 is 0 Å². The highest BCUT2D eigenvalue weighted by atomic mass is 32.2. The second-order valence-corrected chi connectivity index (χ2v) is 3.94. The van der Waals surface area contributed by atoms with E-state index in [1.54, 1.807) is 0 Å². The summed E-state index contributed by atoms with van der Waals surface area (Å²) in [6.45, 7) is 6.50. The summed E-state index contributed by atoms with van der Waals surface area (Å²) in [5.41, 5.74) is 0.259. The number of hydrogen-bond donors (Lipinski definition) is 0. The molecule has 9 heavy (non-hydrogen) atoms. The first-order valence-corrected chi connectivity index (χ1v) is 4.34. The van der Waals surface area contributed by atoms with Crippen molar-refractivity contribution < 1.29 is 0 Å². The SMILES string of the molecule is CCC1(C)CSC(C)=N1. The number of rotatable bonds is 1. The van der Waals surface area contributed by atoms with Crippen LogP contribution in [0.15, 0.2) is 4.99 Å². The van der Waals surface area contributed by atoms with Crippen LogP contribution in [0.4, 0.5) is 0 Å². The van der Waals surface area contributed by atoms with Crippen LogP contribution in [0.1, 0.15) is 27.2 Å². The van der Waals surface area contributed by atoms with E-state index in [0.717, 1.165) is 6.42 Å². The lowest BCUT2D eigenvalue weighted by atomic mass is 10.0. The third kappa shape index (κ3) is 1.48. The normalized spacial score (nSPS) is 34.8. The molecule has 1 unspecified atom stereocenters. The topological polar surface area (TPSA) is 12.4 Å². The molecule has 0 aliphatic carbocycles. The molecule has 0 saturated carbocycles. The van der Waals surface area contributed by atoms with Gasteiger partial charge in [-0.05, 0) is 20.3 Å². The van der Waals surface area contributed by atoms with Crippen LogP contribution in [-0.4, -0.2) is 16.3 Å². The van der Waals surface area contributed by atoms with Gasteiger partial charge >= 0.3 is 0 Å². The summed E-state index contributed by atoms with van der Waals surface area (Å²) in [6.07, 6.45) is 1.16. The Labute approximate surface area is 60.9 Å². The molecule has 0 amide bonds. The van der Waals surface area contributed by atoms with Gasteiger partial charge in [-0.15, -0.1) is 11.8 Å². The zero-order valence-electron chi connectivity index (χ0n) is 6.27. The number of hydrogen-bond acceptors (Lipinski definition) is 2. The lowest BCUT2D eigenvalue weighted by Gasteiger charge is -2.15. The van der Waals surface area contributed by atoms with Crippen LogP contribution in [0.2, 0.25) is 0 Å². The average molecular weight is 143 g/mol. The fourth-order valence-corrected chi connectivity index (χ4v) is 1.96. The summed E-state index contributed by atoms with van der Waals surface area (Å²) in [7, 11) is 0. The molecule has 0 aromatic carbocycles. The van der Waals surface area contributed by atoms with Crippen LogP contribution in [0.5, 0.6) is 0 Å². The van der Waals surface area contributed by atoms with Crippen molar-refractivity contribution in [3.63, 3.8) is 0 Å². The van der Waals surface area contributed by atoms with E-state index in [4.69, 9.17) is 0 Å². The molecule has 0 radical (unpaired) electrons. The summed E-state index contributed by atoms with van der Waals surface area (Å²) >= 11 is 1.88. The summed E-state index contributed by atoms with van der Waals surface area (Å²) in [5, 5.41) is 1.25. The van der Waals surface area contributed by atoms with E-state index in [1.807, 2.05) is 11.8 Å². The molecule has 1 aliphatic heterocycles. The second kappa shape index (κ2) is 2.33. The van der Waals surface area contributed by atoms with Crippen molar-refractivity contribution in [3.8, 4) is 0 Å². The molecule has 1 aliphatic rings. The Morgan fingerprint density at radius 2 is 2.44 bits per heavy atom. The van der Waals surface area contributed by atoms with Crippen LogP contribution in [0.25, 0.3) is 0 Å². The smallest absolute Gasteiger partial charge is 0.0680 e. The molecule has 1 atom stereocenters. The first-order valence-electron chi connectivity index (χ1n) is 3.35. The molecule has 2 heteroatoms. The predicted molar refractivity (Wildman–Crippen MR) is 44.3 cm³/mol. The zero-order valence-corrected chi connectivity index (χ0v) is 7.09. The second-order valence-electron chi connectivity index (χ2n) is 2.77. The molecule has 0 spiro atoms.